The summed E-state index contributed by atoms with van der Waals surface area (Å²) in [5, 5.41) is 3.30. The summed E-state index contributed by atoms with van der Waals surface area (Å²) in [6, 6.07) is 5.11. The first kappa shape index (κ1) is 17.9. The zero-order valence-electron chi connectivity index (χ0n) is 12.7. The van der Waals surface area contributed by atoms with Gasteiger partial charge in [-0.3, -0.25) is 4.79 Å². The average Bonchev–Trinajstić information content (AvgIpc) is 2.30. The lowest BCUT2D eigenvalue weighted by atomic mass is 10.2. The molecular formula is C14H21ClN2O3S. The summed E-state index contributed by atoms with van der Waals surface area (Å²) in [6.07, 6.45) is 1.11. The molecule has 0 unspecified atom stereocenters. The van der Waals surface area contributed by atoms with Crippen LogP contribution in [0.5, 0.6) is 0 Å². The highest BCUT2D eigenvalue weighted by molar-refractivity contribution is 7.88. The minimum Gasteiger partial charge on any atom is -0.325 e. The first-order chi connectivity index (χ1) is 9.59. The number of hydrogen-bond acceptors (Lipinski definition) is 3. The molecule has 1 rings (SSSR count). The number of hydrogen-bond donors (Lipinski definition) is 1. The van der Waals surface area contributed by atoms with Crippen LogP contribution in [-0.4, -0.2) is 38.0 Å². The molecule has 0 atom stereocenters. The Morgan fingerprint density at radius 2 is 2.00 bits per heavy atom. The van der Waals surface area contributed by atoms with Gasteiger partial charge in [0.1, 0.15) is 0 Å². The third-order valence-electron chi connectivity index (χ3n) is 2.82. The van der Waals surface area contributed by atoms with Crippen molar-refractivity contribution in [3.8, 4) is 0 Å². The van der Waals surface area contributed by atoms with Crippen molar-refractivity contribution in [1.82, 2.24) is 4.31 Å². The van der Waals surface area contributed by atoms with Crippen LogP contribution in [0.1, 0.15) is 19.4 Å². The highest BCUT2D eigenvalue weighted by Gasteiger charge is 2.21. The van der Waals surface area contributed by atoms with Gasteiger partial charge in [-0.15, -0.1) is 0 Å². The molecule has 118 valence electrons. The summed E-state index contributed by atoms with van der Waals surface area (Å²) in [7, 11) is -3.41. The molecule has 1 aromatic carbocycles. The SMILES string of the molecule is Cc1cc(Cl)ccc1NC(=O)CN(CC(C)C)S(C)(=O)=O. The van der Waals surface area contributed by atoms with E-state index in [9.17, 15) is 13.2 Å². The smallest absolute Gasteiger partial charge is 0.239 e. The zero-order chi connectivity index (χ0) is 16.2. The summed E-state index contributed by atoms with van der Waals surface area (Å²) < 4.78 is 24.6. The molecule has 0 aliphatic heterocycles. The number of nitrogens with zero attached hydrogens (tertiary/aromatic N) is 1. The number of anilines is 1. The third-order valence-corrected chi connectivity index (χ3v) is 4.27. The van der Waals surface area contributed by atoms with Gasteiger partial charge in [0.2, 0.25) is 15.9 Å². The molecule has 1 aromatic rings. The normalized spacial score (nSPS) is 12.0. The maximum absolute atomic E-state index is 12.0. The van der Waals surface area contributed by atoms with Crippen molar-refractivity contribution < 1.29 is 13.2 Å². The maximum Gasteiger partial charge on any atom is 0.239 e. The summed E-state index contributed by atoms with van der Waals surface area (Å²) in [5.74, 6) is -0.226. The average molecular weight is 333 g/mol. The Kier molecular flexibility index (Phi) is 6.19. The number of aryl methyl sites for hydroxylation is 1. The number of halogens is 1. The van der Waals surface area contributed by atoms with Crippen molar-refractivity contribution in [3.63, 3.8) is 0 Å². The molecule has 21 heavy (non-hydrogen) atoms. The lowest BCUT2D eigenvalue weighted by Gasteiger charge is -2.21. The van der Waals surface area contributed by atoms with E-state index in [0.29, 0.717) is 17.3 Å². The van der Waals surface area contributed by atoms with Gasteiger partial charge in [0.15, 0.2) is 0 Å². The van der Waals surface area contributed by atoms with Crippen molar-refractivity contribution in [2.75, 3.05) is 24.7 Å². The Labute approximate surface area is 131 Å². The van der Waals surface area contributed by atoms with Gasteiger partial charge >= 0.3 is 0 Å². The van der Waals surface area contributed by atoms with Crippen LogP contribution in [0.25, 0.3) is 0 Å². The molecule has 1 amide bonds. The summed E-state index contributed by atoms with van der Waals surface area (Å²) in [4.78, 5) is 12.0. The molecule has 0 saturated heterocycles. The van der Waals surface area contributed by atoms with Crippen LogP contribution in [0.2, 0.25) is 5.02 Å². The predicted octanol–water partition coefficient (Wildman–Crippen LogP) is 2.50. The van der Waals surface area contributed by atoms with Crippen molar-refractivity contribution in [1.29, 1.82) is 0 Å². The molecule has 0 saturated carbocycles. The molecule has 7 heteroatoms. The fraction of sp³-hybridized carbons (Fsp3) is 0.500. The van der Waals surface area contributed by atoms with Crippen LogP contribution in [0.3, 0.4) is 0 Å². The summed E-state index contributed by atoms with van der Waals surface area (Å²) in [5.41, 5.74) is 1.45. The Balaban J connectivity index is 2.78. The van der Waals surface area contributed by atoms with Gasteiger partial charge < -0.3 is 5.32 Å². The number of nitrogens with one attached hydrogen (secondary N) is 1. The van der Waals surface area contributed by atoms with Crippen LogP contribution in [0, 0.1) is 12.8 Å². The van der Waals surface area contributed by atoms with Gasteiger partial charge in [0.05, 0.1) is 12.8 Å². The first-order valence-electron chi connectivity index (χ1n) is 6.60. The maximum atomic E-state index is 12.0. The van der Waals surface area contributed by atoms with E-state index < -0.39 is 10.0 Å². The zero-order valence-corrected chi connectivity index (χ0v) is 14.3. The summed E-state index contributed by atoms with van der Waals surface area (Å²) in [6.45, 7) is 5.74. The number of carbonyl (C=O) groups is 1. The minimum atomic E-state index is -3.41. The number of sulfonamides is 1. The number of benzene rings is 1. The second-order valence-corrected chi connectivity index (χ2v) is 7.88. The molecule has 0 spiro atoms. The van der Waals surface area contributed by atoms with Crippen LogP contribution < -0.4 is 5.32 Å². The molecule has 0 fully saturated rings. The van der Waals surface area contributed by atoms with Crippen molar-refractivity contribution in [3.05, 3.63) is 28.8 Å². The van der Waals surface area contributed by atoms with E-state index in [4.69, 9.17) is 11.6 Å². The predicted molar refractivity (Wildman–Crippen MR) is 86.1 cm³/mol. The van der Waals surface area contributed by atoms with E-state index in [1.807, 2.05) is 20.8 Å². The third kappa shape index (κ3) is 6.03. The second kappa shape index (κ2) is 7.24. The number of amides is 1. The van der Waals surface area contributed by atoms with E-state index in [-0.39, 0.29) is 18.4 Å². The topological polar surface area (TPSA) is 66.5 Å². The van der Waals surface area contributed by atoms with Gasteiger partial charge in [-0.05, 0) is 36.6 Å². The molecule has 0 bridgehead atoms. The van der Waals surface area contributed by atoms with Crippen LogP contribution in [0.4, 0.5) is 5.69 Å². The van der Waals surface area contributed by atoms with E-state index >= 15 is 0 Å². The largest absolute Gasteiger partial charge is 0.325 e. The Hall–Kier alpha value is -1.11. The lowest BCUT2D eigenvalue weighted by molar-refractivity contribution is -0.116. The monoisotopic (exact) mass is 332 g/mol. The number of carbonyl (C=O) groups excluding carboxylic acids is 1. The molecular weight excluding hydrogens is 312 g/mol. The highest BCUT2D eigenvalue weighted by atomic mass is 35.5. The van der Waals surface area contributed by atoms with E-state index in [2.05, 4.69) is 5.32 Å². The van der Waals surface area contributed by atoms with Gasteiger partial charge in [-0.2, -0.15) is 4.31 Å². The first-order valence-corrected chi connectivity index (χ1v) is 8.83. The summed E-state index contributed by atoms with van der Waals surface area (Å²) >= 11 is 5.85. The quantitative estimate of drug-likeness (QED) is 0.870. The van der Waals surface area contributed by atoms with E-state index in [1.165, 1.54) is 4.31 Å². The molecule has 0 radical (unpaired) electrons. The molecule has 0 aromatic heterocycles. The van der Waals surface area contributed by atoms with Crippen LogP contribution >= 0.6 is 11.6 Å². The van der Waals surface area contributed by atoms with E-state index in [1.54, 1.807) is 18.2 Å². The molecule has 1 N–H and O–H groups in total. The fourth-order valence-corrected chi connectivity index (χ4v) is 2.99. The number of rotatable bonds is 6. The van der Waals surface area contributed by atoms with Crippen LogP contribution in [0.15, 0.2) is 18.2 Å². The lowest BCUT2D eigenvalue weighted by Crippen LogP contribution is -2.39. The Morgan fingerprint density at radius 1 is 1.38 bits per heavy atom. The standard InChI is InChI=1S/C14H21ClN2O3S/c1-10(2)8-17(21(4,19)20)9-14(18)16-13-6-5-12(15)7-11(13)3/h5-7,10H,8-9H2,1-4H3,(H,16,18). The van der Waals surface area contributed by atoms with E-state index in [0.717, 1.165) is 11.8 Å². The molecule has 0 heterocycles. The Morgan fingerprint density at radius 3 is 2.48 bits per heavy atom. The second-order valence-electron chi connectivity index (χ2n) is 5.46. The molecule has 0 aliphatic carbocycles. The van der Waals surface area contributed by atoms with Gasteiger partial charge in [0.25, 0.3) is 0 Å². The minimum absolute atomic E-state index is 0.143. The molecule has 5 nitrogen and oxygen atoms in total. The fourth-order valence-electron chi connectivity index (χ4n) is 1.84. The highest BCUT2D eigenvalue weighted by Crippen LogP contribution is 2.19. The van der Waals surface area contributed by atoms with Crippen LogP contribution in [-0.2, 0) is 14.8 Å². The van der Waals surface area contributed by atoms with Crippen molar-refractivity contribution in [2.24, 2.45) is 5.92 Å². The Bertz CT molecular complexity index is 615. The van der Waals surface area contributed by atoms with Crippen molar-refractivity contribution >= 4 is 33.2 Å². The molecule has 0 aliphatic rings. The van der Waals surface area contributed by atoms with Gasteiger partial charge in [0, 0.05) is 17.3 Å². The van der Waals surface area contributed by atoms with Gasteiger partial charge in [-0.1, -0.05) is 25.4 Å². The van der Waals surface area contributed by atoms with Gasteiger partial charge in [-0.25, -0.2) is 8.42 Å². The van der Waals surface area contributed by atoms with Crippen molar-refractivity contribution in [2.45, 2.75) is 20.8 Å².